The maximum absolute atomic E-state index is 11.3. The predicted molar refractivity (Wildman–Crippen MR) is 56.1 cm³/mol. The van der Waals surface area contributed by atoms with Gasteiger partial charge in [-0.15, -0.1) is 0 Å². The van der Waals surface area contributed by atoms with E-state index in [2.05, 4.69) is 5.32 Å². The molecule has 0 aromatic heterocycles. The molecule has 3 heteroatoms. The van der Waals surface area contributed by atoms with Gasteiger partial charge in [0.2, 0.25) is 5.91 Å². The van der Waals surface area contributed by atoms with Gasteiger partial charge in [0.15, 0.2) is 0 Å². The normalized spacial score (nSPS) is 27.8. The smallest absolute Gasteiger partial charge is 0.219 e. The molecule has 1 aliphatic heterocycles. The van der Waals surface area contributed by atoms with Crippen LogP contribution in [0.3, 0.4) is 0 Å². The molecule has 14 heavy (non-hydrogen) atoms. The molecule has 1 saturated carbocycles. The minimum absolute atomic E-state index is 0.239. The molecule has 1 amide bonds. The van der Waals surface area contributed by atoms with Crippen molar-refractivity contribution in [2.75, 3.05) is 13.1 Å². The zero-order chi connectivity index (χ0) is 9.97. The lowest BCUT2D eigenvalue weighted by molar-refractivity contribution is -0.129. The highest BCUT2D eigenvalue weighted by Gasteiger charge is 2.27. The molecule has 1 aliphatic carbocycles. The summed E-state index contributed by atoms with van der Waals surface area (Å²) in [5.74, 6) is 0.239. The van der Waals surface area contributed by atoms with Crippen LogP contribution in [-0.4, -0.2) is 36.0 Å². The van der Waals surface area contributed by atoms with E-state index in [1.807, 2.05) is 4.90 Å². The van der Waals surface area contributed by atoms with Gasteiger partial charge in [-0.05, 0) is 25.7 Å². The zero-order valence-electron chi connectivity index (χ0n) is 8.96. The third-order valence-corrected chi connectivity index (χ3v) is 3.53. The first-order valence-electron chi connectivity index (χ1n) is 5.78. The number of carbonyl (C=O) groups is 1. The van der Waals surface area contributed by atoms with E-state index >= 15 is 0 Å². The average molecular weight is 196 g/mol. The second-order valence-electron chi connectivity index (χ2n) is 4.54. The molecular weight excluding hydrogens is 176 g/mol. The summed E-state index contributed by atoms with van der Waals surface area (Å²) in [6, 6.07) is 1.21. The van der Waals surface area contributed by atoms with Crippen LogP contribution < -0.4 is 5.32 Å². The van der Waals surface area contributed by atoms with E-state index in [4.69, 9.17) is 0 Å². The molecule has 1 N–H and O–H groups in total. The highest BCUT2D eigenvalue weighted by molar-refractivity contribution is 5.73. The average Bonchev–Trinajstić information content (AvgIpc) is 2.49. The minimum atomic E-state index is 0.239. The Hall–Kier alpha value is -0.570. The van der Waals surface area contributed by atoms with Gasteiger partial charge in [0.05, 0.1) is 0 Å². The van der Waals surface area contributed by atoms with Crippen LogP contribution in [0.4, 0.5) is 0 Å². The summed E-state index contributed by atoms with van der Waals surface area (Å²) >= 11 is 0. The standard InChI is InChI=1S/C11H20N2O/c1-9(14)13-7-3-6-11(13)8-12-10-4-2-5-10/h10-12H,2-8H2,1H3. The zero-order valence-corrected chi connectivity index (χ0v) is 8.96. The Morgan fingerprint density at radius 1 is 1.36 bits per heavy atom. The van der Waals surface area contributed by atoms with Crippen LogP contribution in [0.15, 0.2) is 0 Å². The van der Waals surface area contributed by atoms with E-state index in [1.165, 1.54) is 32.1 Å². The first-order valence-corrected chi connectivity index (χ1v) is 5.78. The van der Waals surface area contributed by atoms with Gasteiger partial charge >= 0.3 is 0 Å². The molecule has 0 bridgehead atoms. The Morgan fingerprint density at radius 2 is 2.14 bits per heavy atom. The second-order valence-corrected chi connectivity index (χ2v) is 4.54. The maximum atomic E-state index is 11.3. The Bertz CT molecular complexity index is 213. The largest absolute Gasteiger partial charge is 0.339 e. The molecular formula is C11H20N2O. The van der Waals surface area contributed by atoms with Crippen molar-refractivity contribution in [1.82, 2.24) is 10.2 Å². The molecule has 80 valence electrons. The van der Waals surface area contributed by atoms with Gasteiger partial charge in [0.25, 0.3) is 0 Å². The van der Waals surface area contributed by atoms with Gasteiger partial charge < -0.3 is 10.2 Å². The summed E-state index contributed by atoms with van der Waals surface area (Å²) < 4.78 is 0. The summed E-state index contributed by atoms with van der Waals surface area (Å²) in [5.41, 5.74) is 0. The van der Waals surface area contributed by atoms with Gasteiger partial charge in [-0.25, -0.2) is 0 Å². The molecule has 0 radical (unpaired) electrons. The Labute approximate surface area is 85.8 Å². The fourth-order valence-corrected chi connectivity index (χ4v) is 2.38. The highest BCUT2D eigenvalue weighted by Crippen LogP contribution is 2.20. The third kappa shape index (κ3) is 2.08. The Kier molecular flexibility index (Phi) is 3.06. The number of amides is 1. The fraction of sp³-hybridized carbons (Fsp3) is 0.909. The van der Waals surface area contributed by atoms with Crippen molar-refractivity contribution in [3.05, 3.63) is 0 Å². The van der Waals surface area contributed by atoms with E-state index in [1.54, 1.807) is 6.92 Å². The van der Waals surface area contributed by atoms with Crippen LogP contribution >= 0.6 is 0 Å². The molecule has 1 atom stereocenters. The molecule has 0 aromatic carbocycles. The van der Waals surface area contributed by atoms with Crippen molar-refractivity contribution < 1.29 is 4.79 Å². The van der Waals surface area contributed by atoms with Crippen molar-refractivity contribution in [1.29, 1.82) is 0 Å². The van der Waals surface area contributed by atoms with Crippen LogP contribution in [0, 0.1) is 0 Å². The van der Waals surface area contributed by atoms with Gasteiger partial charge in [-0.2, -0.15) is 0 Å². The van der Waals surface area contributed by atoms with Crippen molar-refractivity contribution in [2.45, 2.75) is 51.1 Å². The number of nitrogens with zero attached hydrogens (tertiary/aromatic N) is 1. The predicted octanol–water partition coefficient (Wildman–Crippen LogP) is 1.14. The lowest BCUT2D eigenvalue weighted by atomic mass is 9.93. The highest BCUT2D eigenvalue weighted by atomic mass is 16.2. The fourth-order valence-electron chi connectivity index (χ4n) is 2.38. The van der Waals surface area contributed by atoms with Gasteiger partial charge in [-0.1, -0.05) is 6.42 Å². The molecule has 3 nitrogen and oxygen atoms in total. The van der Waals surface area contributed by atoms with Crippen LogP contribution in [0.2, 0.25) is 0 Å². The first kappa shape index (κ1) is 9.97. The topological polar surface area (TPSA) is 32.3 Å². The van der Waals surface area contributed by atoms with Crippen molar-refractivity contribution in [2.24, 2.45) is 0 Å². The van der Waals surface area contributed by atoms with E-state index < -0.39 is 0 Å². The van der Waals surface area contributed by atoms with Gasteiger partial charge in [0.1, 0.15) is 0 Å². The number of carbonyl (C=O) groups excluding carboxylic acids is 1. The Morgan fingerprint density at radius 3 is 2.71 bits per heavy atom. The third-order valence-electron chi connectivity index (χ3n) is 3.53. The number of rotatable bonds is 3. The monoisotopic (exact) mass is 196 g/mol. The summed E-state index contributed by atoms with van der Waals surface area (Å²) in [4.78, 5) is 13.3. The molecule has 2 aliphatic rings. The van der Waals surface area contributed by atoms with Crippen molar-refractivity contribution in [3.63, 3.8) is 0 Å². The first-order chi connectivity index (χ1) is 6.77. The second kappa shape index (κ2) is 4.30. The number of nitrogens with one attached hydrogen (secondary N) is 1. The van der Waals surface area contributed by atoms with Crippen LogP contribution in [-0.2, 0) is 4.79 Å². The lowest BCUT2D eigenvalue weighted by Crippen LogP contribution is -2.45. The summed E-state index contributed by atoms with van der Waals surface area (Å²) in [7, 11) is 0. The van der Waals surface area contributed by atoms with E-state index in [0.717, 1.165) is 19.1 Å². The van der Waals surface area contributed by atoms with Crippen molar-refractivity contribution in [3.8, 4) is 0 Å². The van der Waals surface area contributed by atoms with Crippen LogP contribution in [0.1, 0.15) is 39.0 Å². The summed E-state index contributed by atoms with van der Waals surface area (Å²) in [5, 5.41) is 3.55. The molecule has 1 unspecified atom stereocenters. The number of hydrogen-bond acceptors (Lipinski definition) is 2. The summed E-state index contributed by atoms with van der Waals surface area (Å²) in [6.45, 7) is 3.65. The molecule has 1 saturated heterocycles. The quantitative estimate of drug-likeness (QED) is 0.734. The molecule has 0 spiro atoms. The maximum Gasteiger partial charge on any atom is 0.219 e. The van der Waals surface area contributed by atoms with Crippen LogP contribution in [0.5, 0.6) is 0 Å². The lowest BCUT2D eigenvalue weighted by Gasteiger charge is -2.30. The summed E-state index contributed by atoms with van der Waals surface area (Å²) in [6.07, 6.45) is 6.38. The van der Waals surface area contributed by atoms with E-state index in [9.17, 15) is 4.79 Å². The molecule has 2 rings (SSSR count). The number of hydrogen-bond donors (Lipinski definition) is 1. The molecule has 0 aromatic rings. The molecule has 1 heterocycles. The van der Waals surface area contributed by atoms with Gasteiger partial charge in [-0.3, -0.25) is 4.79 Å². The SMILES string of the molecule is CC(=O)N1CCCC1CNC1CCC1. The van der Waals surface area contributed by atoms with E-state index in [-0.39, 0.29) is 5.91 Å². The Balaban J connectivity index is 1.75. The number of likely N-dealkylation sites (tertiary alicyclic amines) is 1. The minimum Gasteiger partial charge on any atom is -0.339 e. The van der Waals surface area contributed by atoms with E-state index in [0.29, 0.717) is 6.04 Å². The van der Waals surface area contributed by atoms with Crippen LogP contribution in [0.25, 0.3) is 0 Å². The molecule has 2 fully saturated rings. The van der Waals surface area contributed by atoms with Crippen molar-refractivity contribution >= 4 is 5.91 Å². The van der Waals surface area contributed by atoms with Gasteiger partial charge in [0, 0.05) is 32.1 Å².